The van der Waals surface area contributed by atoms with Gasteiger partial charge in [-0.05, 0) is 48.2 Å². The van der Waals surface area contributed by atoms with Crippen molar-refractivity contribution in [2.75, 3.05) is 26.2 Å². The molecule has 1 N–H and O–H groups in total. The summed E-state index contributed by atoms with van der Waals surface area (Å²) in [5.74, 6) is 0.623. The molecule has 0 bridgehead atoms. The van der Waals surface area contributed by atoms with Crippen molar-refractivity contribution in [2.45, 2.75) is 48.5 Å². The van der Waals surface area contributed by atoms with Crippen LogP contribution in [-0.4, -0.2) is 36.6 Å². The lowest BCUT2D eigenvalue weighted by Gasteiger charge is -2.41. The van der Waals surface area contributed by atoms with Crippen molar-refractivity contribution in [3.63, 3.8) is 0 Å². The number of alkyl halides is 3. The molecule has 1 aliphatic heterocycles. The van der Waals surface area contributed by atoms with Gasteiger partial charge in [0.05, 0.1) is 0 Å². The molecule has 1 heterocycles. The Hall–Kier alpha value is -0.140. The largest absolute Gasteiger partial charge is 0.446 e. The summed E-state index contributed by atoms with van der Waals surface area (Å²) >= 11 is -0.0313. The Morgan fingerprint density at radius 2 is 1.54 bits per heavy atom. The number of hydrogen-bond donors (Lipinski definition) is 1. The third-order valence-corrected chi connectivity index (χ3v) is 5.84. The summed E-state index contributed by atoms with van der Waals surface area (Å²) in [5.41, 5.74) is -3.04. The molecule has 8 heteroatoms. The predicted molar refractivity (Wildman–Crippen MR) is 107 cm³/mol. The fraction of sp³-hybridized carbons (Fsp3) is 0.667. The summed E-state index contributed by atoms with van der Waals surface area (Å²) in [7, 11) is 0. The van der Waals surface area contributed by atoms with Crippen LogP contribution in [0.15, 0.2) is 29.2 Å². The lowest BCUT2D eigenvalue weighted by molar-refractivity contribution is -0.0328. The summed E-state index contributed by atoms with van der Waals surface area (Å²) in [6.45, 7) is 4.01. The lowest BCUT2D eigenvalue weighted by Crippen LogP contribution is -2.47. The molecular formula is C18H27Cl2F3N2S. The normalized spacial score (nSPS) is 20.7. The SMILES string of the molecule is Cl.Cl.FC(F)(F)Sc1ccc([C@@H](C2CCCCC2)N2CCNCC2)cc1. The minimum Gasteiger partial charge on any atom is -0.314 e. The highest BCUT2D eigenvalue weighted by Crippen LogP contribution is 2.41. The third kappa shape index (κ3) is 6.79. The van der Waals surface area contributed by atoms with E-state index in [0.29, 0.717) is 12.0 Å². The molecule has 1 saturated carbocycles. The zero-order chi connectivity index (χ0) is 17.0. The van der Waals surface area contributed by atoms with Gasteiger partial charge in [0, 0.05) is 37.1 Å². The smallest absolute Gasteiger partial charge is 0.314 e. The molecule has 0 spiro atoms. The molecule has 3 rings (SSSR count). The van der Waals surface area contributed by atoms with Gasteiger partial charge in [0.25, 0.3) is 0 Å². The van der Waals surface area contributed by atoms with Crippen LogP contribution in [0.5, 0.6) is 0 Å². The Balaban J connectivity index is 0.00000169. The highest BCUT2D eigenvalue weighted by Gasteiger charge is 2.32. The first-order valence-electron chi connectivity index (χ1n) is 8.83. The summed E-state index contributed by atoms with van der Waals surface area (Å²) in [6, 6.07) is 7.43. The van der Waals surface area contributed by atoms with E-state index in [1.807, 2.05) is 12.1 Å². The van der Waals surface area contributed by atoms with Crippen LogP contribution in [0.4, 0.5) is 13.2 Å². The van der Waals surface area contributed by atoms with E-state index in [1.54, 1.807) is 12.1 Å². The molecule has 1 aromatic carbocycles. The summed E-state index contributed by atoms with van der Waals surface area (Å²) in [5, 5.41) is 3.39. The Morgan fingerprint density at radius 1 is 0.962 bits per heavy atom. The maximum Gasteiger partial charge on any atom is 0.446 e. The van der Waals surface area contributed by atoms with Crippen LogP contribution in [0.3, 0.4) is 0 Å². The number of rotatable bonds is 4. The van der Waals surface area contributed by atoms with Crippen molar-refractivity contribution < 1.29 is 13.2 Å². The first-order chi connectivity index (χ1) is 11.5. The number of halogens is 5. The summed E-state index contributed by atoms with van der Waals surface area (Å²) in [6.07, 6.45) is 6.32. The van der Waals surface area contributed by atoms with Crippen LogP contribution in [0.1, 0.15) is 43.7 Å². The van der Waals surface area contributed by atoms with Crippen molar-refractivity contribution >= 4 is 36.6 Å². The second kappa shape index (κ2) is 11.0. The summed E-state index contributed by atoms with van der Waals surface area (Å²) < 4.78 is 37.6. The van der Waals surface area contributed by atoms with Gasteiger partial charge < -0.3 is 5.32 Å². The monoisotopic (exact) mass is 430 g/mol. The maximum absolute atomic E-state index is 12.5. The Bertz CT molecular complexity index is 498. The minimum absolute atomic E-state index is 0. The number of nitrogens with zero attached hydrogens (tertiary/aromatic N) is 1. The van der Waals surface area contributed by atoms with Crippen LogP contribution in [0.25, 0.3) is 0 Å². The van der Waals surface area contributed by atoms with Gasteiger partial charge in [-0.25, -0.2) is 0 Å². The fourth-order valence-corrected chi connectivity index (χ4v) is 4.60. The van der Waals surface area contributed by atoms with Crippen molar-refractivity contribution in [3.8, 4) is 0 Å². The Kier molecular flexibility index (Phi) is 10.1. The molecule has 1 aromatic rings. The van der Waals surface area contributed by atoms with E-state index >= 15 is 0 Å². The second-order valence-electron chi connectivity index (χ2n) is 6.75. The third-order valence-electron chi connectivity index (χ3n) is 5.10. The minimum atomic E-state index is -4.22. The van der Waals surface area contributed by atoms with E-state index < -0.39 is 5.51 Å². The van der Waals surface area contributed by atoms with Crippen LogP contribution < -0.4 is 5.32 Å². The van der Waals surface area contributed by atoms with E-state index in [-0.39, 0.29) is 41.5 Å². The zero-order valence-corrected chi connectivity index (χ0v) is 17.1. The molecule has 2 nitrogen and oxygen atoms in total. The second-order valence-corrected chi connectivity index (χ2v) is 7.88. The van der Waals surface area contributed by atoms with Crippen molar-refractivity contribution in [2.24, 2.45) is 5.92 Å². The van der Waals surface area contributed by atoms with E-state index in [1.165, 1.54) is 37.7 Å². The molecule has 1 atom stereocenters. The molecule has 0 amide bonds. The predicted octanol–water partition coefficient (Wildman–Crippen LogP) is 5.67. The van der Waals surface area contributed by atoms with E-state index in [0.717, 1.165) is 26.2 Å². The molecule has 2 aliphatic rings. The molecule has 2 fully saturated rings. The average Bonchev–Trinajstić information content (AvgIpc) is 2.57. The highest BCUT2D eigenvalue weighted by atomic mass is 35.5. The van der Waals surface area contributed by atoms with Crippen LogP contribution in [-0.2, 0) is 0 Å². The Morgan fingerprint density at radius 3 is 2.08 bits per heavy atom. The van der Waals surface area contributed by atoms with E-state index in [9.17, 15) is 13.2 Å². The quantitative estimate of drug-likeness (QED) is 0.619. The Labute approximate surface area is 170 Å². The van der Waals surface area contributed by atoms with Crippen LogP contribution in [0.2, 0.25) is 0 Å². The van der Waals surface area contributed by atoms with Crippen LogP contribution >= 0.6 is 36.6 Å². The molecule has 150 valence electrons. The van der Waals surface area contributed by atoms with Crippen LogP contribution in [0, 0.1) is 5.92 Å². The molecule has 26 heavy (non-hydrogen) atoms. The number of benzene rings is 1. The van der Waals surface area contributed by atoms with Gasteiger partial charge in [0.2, 0.25) is 0 Å². The first-order valence-corrected chi connectivity index (χ1v) is 9.65. The first kappa shape index (κ1) is 23.9. The molecular weight excluding hydrogens is 404 g/mol. The number of hydrogen-bond acceptors (Lipinski definition) is 3. The standard InChI is InChI=1S/C18H25F3N2S.2ClH/c19-18(20,21)24-16-8-6-15(7-9-16)17(14-4-2-1-3-5-14)23-12-10-22-11-13-23;;/h6-9,14,17,22H,1-5,10-13H2;2*1H/t17-;;/m1../s1. The van der Waals surface area contributed by atoms with E-state index in [2.05, 4.69) is 10.2 Å². The van der Waals surface area contributed by atoms with Gasteiger partial charge in [0.1, 0.15) is 0 Å². The molecule has 1 aliphatic carbocycles. The molecule has 1 saturated heterocycles. The van der Waals surface area contributed by atoms with Gasteiger partial charge in [0.15, 0.2) is 0 Å². The number of piperazine rings is 1. The number of nitrogens with one attached hydrogen (secondary N) is 1. The maximum atomic E-state index is 12.5. The highest BCUT2D eigenvalue weighted by molar-refractivity contribution is 8.00. The lowest BCUT2D eigenvalue weighted by atomic mass is 9.80. The van der Waals surface area contributed by atoms with Crippen molar-refractivity contribution in [1.29, 1.82) is 0 Å². The van der Waals surface area contributed by atoms with Gasteiger partial charge in [-0.1, -0.05) is 31.4 Å². The van der Waals surface area contributed by atoms with Gasteiger partial charge >= 0.3 is 5.51 Å². The van der Waals surface area contributed by atoms with E-state index in [4.69, 9.17) is 0 Å². The average molecular weight is 431 g/mol. The molecule has 0 unspecified atom stereocenters. The fourth-order valence-electron chi connectivity index (χ4n) is 4.06. The van der Waals surface area contributed by atoms with Gasteiger partial charge in [-0.3, -0.25) is 4.90 Å². The van der Waals surface area contributed by atoms with Crippen molar-refractivity contribution in [1.82, 2.24) is 10.2 Å². The van der Waals surface area contributed by atoms with Gasteiger partial charge in [-0.2, -0.15) is 13.2 Å². The van der Waals surface area contributed by atoms with Crippen molar-refractivity contribution in [3.05, 3.63) is 29.8 Å². The topological polar surface area (TPSA) is 15.3 Å². The molecule has 0 aromatic heterocycles. The summed E-state index contributed by atoms with van der Waals surface area (Å²) in [4.78, 5) is 2.80. The number of thioether (sulfide) groups is 1. The zero-order valence-electron chi connectivity index (χ0n) is 14.6. The van der Waals surface area contributed by atoms with Gasteiger partial charge in [-0.15, -0.1) is 24.8 Å². The molecule has 0 radical (unpaired) electrons.